The molecule has 1 aromatic heterocycles. The maximum Gasteiger partial charge on any atom is 0.407 e. The Hall–Kier alpha value is -1.56. The van der Waals surface area contributed by atoms with Crippen molar-refractivity contribution in [1.82, 2.24) is 15.1 Å². The summed E-state index contributed by atoms with van der Waals surface area (Å²) in [5.41, 5.74) is 0.284. The number of amides is 1. The van der Waals surface area contributed by atoms with E-state index in [4.69, 9.17) is 4.74 Å². The van der Waals surface area contributed by atoms with Crippen molar-refractivity contribution in [2.75, 3.05) is 13.2 Å². The molecule has 23 heavy (non-hydrogen) atoms. The van der Waals surface area contributed by atoms with Crippen molar-refractivity contribution in [3.63, 3.8) is 0 Å². The first kappa shape index (κ1) is 19.5. The molecule has 0 fully saturated rings. The molecule has 1 heterocycles. The number of aliphatic hydroxyl groups excluding tert-OH is 1. The van der Waals surface area contributed by atoms with Crippen LogP contribution in [-0.4, -0.2) is 39.7 Å². The predicted octanol–water partition coefficient (Wildman–Crippen LogP) is 2.66. The van der Waals surface area contributed by atoms with Gasteiger partial charge in [-0.25, -0.2) is 4.79 Å². The molecule has 1 amide bonds. The van der Waals surface area contributed by atoms with Crippen molar-refractivity contribution < 1.29 is 14.6 Å². The molecular weight excluding hydrogens is 294 g/mol. The molecule has 1 rings (SSSR count). The van der Waals surface area contributed by atoms with E-state index >= 15 is 0 Å². The fourth-order valence-electron chi connectivity index (χ4n) is 2.63. The Morgan fingerprint density at radius 1 is 1.39 bits per heavy atom. The topological polar surface area (TPSA) is 76.4 Å². The zero-order valence-electron chi connectivity index (χ0n) is 15.1. The van der Waals surface area contributed by atoms with Gasteiger partial charge in [-0.3, -0.25) is 4.68 Å². The van der Waals surface area contributed by atoms with Crippen LogP contribution in [0.15, 0.2) is 12.4 Å². The minimum atomic E-state index is -0.521. The van der Waals surface area contributed by atoms with Gasteiger partial charge >= 0.3 is 6.09 Å². The predicted molar refractivity (Wildman–Crippen MR) is 90.2 cm³/mol. The first-order valence-electron chi connectivity index (χ1n) is 8.25. The Kier molecular flexibility index (Phi) is 7.06. The zero-order chi connectivity index (χ0) is 17.5. The number of carbonyl (C=O) groups excluding carboxylic acids is 1. The normalized spacial score (nSPS) is 14.3. The highest BCUT2D eigenvalue weighted by molar-refractivity contribution is 5.67. The molecular formula is C17H31N3O3. The smallest absolute Gasteiger partial charge is 0.407 e. The molecule has 0 aliphatic rings. The second kappa shape index (κ2) is 8.34. The molecule has 1 unspecified atom stereocenters. The molecule has 0 spiro atoms. The Labute approximate surface area is 139 Å². The van der Waals surface area contributed by atoms with Crippen LogP contribution < -0.4 is 5.32 Å². The number of ether oxygens (including phenoxy) is 1. The number of alkyl carbamates (subject to hydrolysis) is 1. The zero-order valence-corrected chi connectivity index (χ0v) is 15.1. The lowest BCUT2D eigenvalue weighted by Gasteiger charge is -2.32. The summed E-state index contributed by atoms with van der Waals surface area (Å²) in [6, 6.07) is 0. The van der Waals surface area contributed by atoms with Crippen molar-refractivity contribution in [1.29, 1.82) is 0 Å². The molecule has 0 radical (unpaired) electrons. The number of aliphatic hydroxyl groups is 1. The summed E-state index contributed by atoms with van der Waals surface area (Å²) in [5, 5.41) is 16.9. The quantitative estimate of drug-likeness (QED) is 0.770. The first-order chi connectivity index (χ1) is 10.7. The monoisotopic (exact) mass is 325 g/mol. The number of aryl methyl sites for hydroxylation is 2. The summed E-state index contributed by atoms with van der Waals surface area (Å²) in [5.74, 6) is 0. The van der Waals surface area contributed by atoms with E-state index in [0.717, 1.165) is 31.2 Å². The Bertz CT molecular complexity index is 494. The maximum atomic E-state index is 11.9. The highest BCUT2D eigenvalue weighted by Crippen LogP contribution is 2.29. The van der Waals surface area contributed by atoms with E-state index in [1.807, 2.05) is 40.2 Å². The van der Waals surface area contributed by atoms with E-state index in [0.29, 0.717) is 6.54 Å². The summed E-state index contributed by atoms with van der Waals surface area (Å²) < 4.78 is 7.05. The van der Waals surface area contributed by atoms with Crippen LogP contribution in [0.5, 0.6) is 0 Å². The molecule has 6 nitrogen and oxygen atoms in total. The number of hydrogen-bond donors (Lipinski definition) is 2. The van der Waals surface area contributed by atoms with Gasteiger partial charge in [0, 0.05) is 25.2 Å². The van der Waals surface area contributed by atoms with Gasteiger partial charge in [0.25, 0.3) is 0 Å². The molecule has 0 aliphatic heterocycles. The van der Waals surface area contributed by atoms with Crippen molar-refractivity contribution >= 4 is 6.09 Å². The number of rotatable bonds is 8. The molecule has 0 bridgehead atoms. The molecule has 0 aliphatic carbocycles. The number of nitrogens with zero attached hydrogens (tertiary/aromatic N) is 2. The van der Waals surface area contributed by atoms with Crippen molar-refractivity contribution in [3.8, 4) is 0 Å². The minimum Gasteiger partial charge on any atom is -0.444 e. The van der Waals surface area contributed by atoms with Crippen LogP contribution in [0.3, 0.4) is 0 Å². The largest absolute Gasteiger partial charge is 0.444 e. The highest BCUT2D eigenvalue weighted by Gasteiger charge is 2.30. The molecule has 6 heteroatoms. The summed E-state index contributed by atoms with van der Waals surface area (Å²) >= 11 is 0. The van der Waals surface area contributed by atoms with Gasteiger partial charge in [0.1, 0.15) is 5.60 Å². The van der Waals surface area contributed by atoms with Gasteiger partial charge in [0.2, 0.25) is 0 Å². The van der Waals surface area contributed by atoms with Crippen LogP contribution in [0, 0.1) is 5.41 Å². The van der Waals surface area contributed by atoms with Crippen molar-refractivity contribution in [3.05, 3.63) is 18.0 Å². The fraction of sp³-hybridized carbons (Fsp3) is 0.765. The van der Waals surface area contributed by atoms with E-state index in [1.165, 1.54) is 0 Å². The average molecular weight is 325 g/mol. The molecule has 0 aromatic carbocycles. The molecule has 1 atom stereocenters. The molecule has 132 valence electrons. The van der Waals surface area contributed by atoms with Gasteiger partial charge in [-0.2, -0.15) is 5.10 Å². The van der Waals surface area contributed by atoms with Gasteiger partial charge in [-0.05, 0) is 45.6 Å². The minimum absolute atomic E-state index is 0.0386. The van der Waals surface area contributed by atoms with Crippen LogP contribution in [0.25, 0.3) is 0 Å². The van der Waals surface area contributed by atoms with E-state index in [-0.39, 0.29) is 12.0 Å². The Balaban J connectivity index is 2.63. The summed E-state index contributed by atoms with van der Waals surface area (Å²) in [7, 11) is 1.89. The summed E-state index contributed by atoms with van der Waals surface area (Å²) in [6.45, 7) is 8.03. The standard InChI is InChI=1S/C17H31N3O3/c1-6-8-17(13-21,9-7-14-10-19-20(5)11-14)12-18-15(22)23-16(2,3)4/h10-11,21H,6-9,12-13H2,1-5H3,(H,18,22). The first-order valence-corrected chi connectivity index (χ1v) is 8.25. The summed E-state index contributed by atoms with van der Waals surface area (Å²) in [4.78, 5) is 11.9. The van der Waals surface area contributed by atoms with E-state index in [9.17, 15) is 9.90 Å². The molecule has 1 aromatic rings. The van der Waals surface area contributed by atoms with Gasteiger partial charge < -0.3 is 15.2 Å². The van der Waals surface area contributed by atoms with Crippen LogP contribution in [0.2, 0.25) is 0 Å². The summed E-state index contributed by atoms with van der Waals surface area (Å²) in [6.07, 6.45) is 6.80. The molecule has 0 saturated carbocycles. The molecule has 2 N–H and O–H groups in total. The second-order valence-corrected chi connectivity index (χ2v) is 7.29. The van der Waals surface area contributed by atoms with Gasteiger partial charge in [0.15, 0.2) is 0 Å². The second-order valence-electron chi connectivity index (χ2n) is 7.29. The van der Waals surface area contributed by atoms with E-state index in [1.54, 1.807) is 4.68 Å². The van der Waals surface area contributed by atoms with Crippen molar-refractivity contribution in [2.45, 2.75) is 59.0 Å². The van der Waals surface area contributed by atoms with Gasteiger partial charge in [-0.15, -0.1) is 0 Å². The lowest BCUT2D eigenvalue weighted by Crippen LogP contribution is -2.42. The fourth-order valence-corrected chi connectivity index (χ4v) is 2.63. The third kappa shape index (κ3) is 7.03. The van der Waals surface area contributed by atoms with E-state index in [2.05, 4.69) is 17.3 Å². The Morgan fingerprint density at radius 2 is 2.09 bits per heavy atom. The Morgan fingerprint density at radius 3 is 2.57 bits per heavy atom. The van der Waals surface area contributed by atoms with Crippen LogP contribution >= 0.6 is 0 Å². The third-order valence-electron chi connectivity index (χ3n) is 3.82. The van der Waals surface area contributed by atoms with E-state index < -0.39 is 11.7 Å². The van der Waals surface area contributed by atoms with Gasteiger partial charge in [0.05, 0.1) is 12.8 Å². The SMILES string of the molecule is CCCC(CO)(CCc1cnn(C)c1)CNC(=O)OC(C)(C)C. The molecule has 0 saturated heterocycles. The van der Waals surface area contributed by atoms with Crippen LogP contribution in [0.1, 0.15) is 52.5 Å². The lowest BCUT2D eigenvalue weighted by atomic mass is 9.79. The van der Waals surface area contributed by atoms with Crippen LogP contribution in [0.4, 0.5) is 4.79 Å². The average Bonchev–Trinajstić information content (AvgIpc) is 2.86. The number of carbonyl (C=O) groups is 1. The van der Waals surface area contributed by atoms with Crippen molar-refractivity contribution in [2.24, 2.45) is 12.5 Å². The number of hydrogen-bond acceptors (Lipinski definition) is 4. The highest BCUT2D eigenvalue weighted by atomic mass is 16.6. The lowest BCUT2D eigenvalue weighted by molar-refractivity contribution is 0.0445. The maximum absolute atomic E-state index is 11.9. The van der Waals surface area contributed by atoms with Gasteiger partial charge in [-0.1, -0.05) is 13.3 Å². The number of nitrogens with one attached hydrogen (secondary N) is 1. The van der Waals surface area contributed by atoms with Crippen LogP contribution in [-0.2, 0) is 18.2 Å². The third-order valence-corrected chi connectivity index (χ3v) is 3.82. The number of aromatic nitrogens is 2.